The Morgan fingerprint density at radius 3 is 2.65 bits per heavy atom. The molecule has 1 atom stereocenters. The molecule has 3 nitrogen and oxygen atoms in total. The van der Waals surface area contributed by atoms with Gasteiger partial charge in [0.15, 0.2) is 0 Å². The molecule has 0 aliphatic heterocycles. The molecule has 1 N–H and O–H groups in total. The maximum atomic E-state index is 5.34. The molecule has 1 aromatic heterocycles. The summed E-state index contributed by atoms with van der Waals surface area (Å²) in [6, 6.07) is 8.85. The van der Waals surface area contributed by atoms with Crippen LogP contribution in [0, 0.1) is 0 Å². The minimum Gasteiger partial charge on any atom is -0.380 e. The molecule has 0 saturated carbocycles. The third kappa shape index (κ3) is 3.84. The van der Waals surface area contributed by atoms with Crippen molar-refractivity contribution in [1.82, 2.24) is 9.88 Å². The number of hydrogen-bond donors (Lipinski definition) is 1. The molecule has 0 saturated heterocycles. The number of methoxy groups -OCH3 is 1. The third-order valence-corrected chi connectivity index (χ3v) is 3.51. The zero-order valence-electron chi connectivity index (χ0n) is 13.2. The molecule has 0 bridgehead atoms. The number of nitrogens with one attached hydrogen (secondary N) is 1. The van der Waals surface area contributed by atoms with Crippen LogP contribution in [0.4, 0.5) is 0 Å². The lowest BCUT2D eigenvalue weighted by Gasteiger charge is -2.20. The summed E-state index contributed by atoms with van der Waals surface area (Å²) < 4.78 is 7.60. The molecule has 20 heavy (non-hydrogen) atoms. The fourth-order valence-corrected chi connectivity index (χ4v) is 2.24. The molecular formula is C17H26N2O. The number of fused-ring (bicyclic) bond motifs is 1. The molecule has 0 aliphatic rings. The maximum Gasteiger partial charge on any atom is 0.0722 e. The molecular weight excluding hydrogens is 248 g/mol. The van der Waals surface area contributed by atoms with Crippen molar-refractivity contribution in [3.63, 3.8) is 0 Å². The minimum atomic E-state index is 0.148. The Morgan fingerprint density at radius 2 is 2.00 bits per heavy atom. The fourth-order valence-electron chi connectivity index (χ4n) is 2.24. The number of benzene rings is 1. The van der Waals surface area contributed by atoms with Crippen molar-refractivity contribution in [2.75, 3.05) is 7.11 Å². The molecule has 0 fully saturated rings. The van der Waals surface area contributed by atoms with E-state index in [2.05, 4.69) is 68.0 Å². The number of nitrogens with zero attached hydrogens (tertiary/aromatic N) is 1. The highest BCUT2D eigenvalue weighted by Crippen LogP contribution is 2.19. The summed E-state index contributed by atoms with van der Waals surface area (Å²) in [4.78, 5) is 0. The van der Waals surface area contributed by atoms with E-state index in [1.54, 1.807) is 7.11 Å². The highest BCUT2D eigenvalue weighted by molar-refractivity contribution is 5.80. The average molecular weight is 274 g/mol. The smallest absolute Gasteiger partial charge is 0.0722 e. The predicted molar refractivity (Wildman–Crippen MR) is 85.0 cm³/mol. The third-order valence-electron chi connectivity index (χ3n) is 3.51. The van der Waals surface area contributed by atoms with Crippen molar-refractivity contribution in [2.45, 2.75) is 52.4 Å². The number of aromatic nitrogens is 1. The second-order valence-electron chi connectivity index (χ2n) is 6.51. The highest BCUT2D eigenvalue weighted by Gasteiger charge is 2.09. The summed E-state index contributed by atoms with van der Waals surface area (Å²) in [6.07, 6.45) is 2.37. The van der Waals surface area contributed by atoms with Crippen LogP contribution < -0.4 is 5.32 Å². The van der Waals surface area contributed by atoms with Crippen molar-refractivity contribution < 1.29 is 4.74 Å². The molecule has 0 aliphatic carbocycles. The molecule has 2 rings (SSSR count). The minimum absolute atomic E-state index is 0.148. The van der Waals surface area contributed by atoms with Crippen molar-refractivity contribution in [3.8, 4) is 0 Å². The van der Waals surface area contributed by atoms with Crippen molar-refractivity contribution in [3.05, 3.63) is 36.0 Å². The predicted octanol–water partition coefficient (Wildman–Crippen LogP) is 3.56. The van der Waals surface area contributed by atoms with E-state index < -0.39 is 0 Å². The van der Waals surface area contributed by atoms with Crippen LogP contribution in [0.1, 0.15) is 33.3 Å². The molecule has 0 radical (unpaired) electrons. The summed E-state index contributed by atoms with van der Waals surface area (Å²) in [5, 5.41) is 4.82. The normalized spacial score (nSPS) is 13.8. The van der Waals surface area contributed by atoms with Crippen LogP contribution in [0.2, 0.25) is 0 Å². The van der Waals surface area contributed by atoms with Crippen molar-refractivity contribution >= 4 is 10.9 Å². The lowest BCUT2D eigenvalue weighted by molar-refractivity contribution is 0.104. The Balaban J connectivity index is 2.15. The van der Waals surface area contributed by atoms with Gasteiger partial charge in [0.1, 0.15) is 0 Å². The Hall–Kier alpha value is -1.32. The van der Waals surface area contributed by atoms with Gasteiger partial charge in [-0.3, -0.25) is 0 Å². The zero-order chi connectivity index (χ0) is 14.8. The van der Waals surface area contributed by atoms with E-state index in [0.29, 0.717) is 0 Å². The van der Waals surface area contributed by atoms with Gasteiger partial charge in [-0.15, -0.1) is 0 Å². The van der Waals surface area contributed by atoms with Crippen molar-refractivity contribution in [2.24, 2.45) is 0 Å². The lowest BCUT2D eigenvalue weighted by Crippen LogP contribution is -2.35. The van der Waals surface area contributed by atoms with Gasteiger partial charge in [-0.25, -0.2) is 0 Å². The Labute approximate surface area is 121 Å². The second-order valence-corrected chi connectivity index (χ2v) is 6.51. The van der Waals surface area contributed by atoms with E-state index in [1.165, 1.54) is 16.5 Å². The van der Waals surface area contributed by atoms with Gasteiger partial charge in [-0.05, 0) is 56.8 Å². The summed E-state index contributed by atoms with van der Waals surface area (Å²) in [6.45, 7) is 10.4. The lowest BCUT2D eigenvalue weighted by atomic mass is 10.1. The summed E-state index contributed by atoms with van der Waals surface area (Å²) in [5.74, 6) is 0. The van der Waals surface area contributed by atoms with E-state index in [0.717, 1.165) is 13.1 Å². The van der Waals surface area contributed by atoms with E-state index in [4.69, 9.17) is 4.74 Å². The topological polar surface area (TPSA) is 26.2 Å². The number of hydrogen-bond acceptors (Lipinski definition) is 2. The van der Waals surface area contributed by atoms with Gasteiger partial charge in [0.25, 0.3) is 0 Å². The van der Waals surface area contributed by atoms with Crippen LogP contribution >= 0.6 is 0 Å². The molecule has 1 heterocycles. The highest BCUT2D eigenvalue weighted by atomic mass is 16.5. The van der Waals surface area contributed by atoms with Gasteiger partial charge in [0.2, 0.25) is 0 Å². The second kappa shape index (κ2) is 5.98. The molecule has 2 aromatic rings. The van der Waals surface area contributed by atoms with E-state index in [-0.39, 0.29) is 11.6 Å². The maximum absolute atomic E-state index is 5.34. The Morgan fingerprint density at radius 1 is 1.25 bits per heavy atom. The first-order valence-electron chi connectivity index (χ1n) is 7.24. The van der Waals surface area contributed by atoms with Gasteiger partial charge < -0.3 is 14.6 Å². The number of ether oxygens (including phenoxy) is 1. The van der Waals surface area contributed by atoms with E-state index in [9.17, 15) is 0 Å². The van der Waals surface area contributed by atoms with Crippen molar-refractivity contribution in [1.29, 1.82) is 0 Å². The SMILES string of the molecule is COC(C)Cn1ccc2cc(CNC(C)(C)C)ccc21. The van der Waals surface area contributed by atoms with Crippen LogP contribution in [-0.2, 0) is 17.8 Å². The largest absolute Gasteiger partial charge is 0.380 e. The first kappa shape index (κ1) is 15.1. The zero-order valence-corrected chi connectivity index (χ0v) is 13.2. The van der Waals surface area contributed by atoms with E-state index in [1.807, 2.05) is 0 Å². The molecule has 0 spiro atoms. The summed E-state index contributed by atoms with van der Waals surface area (Å²) in [7, 11) is 1.76. The van der Waals surface area contributed by atoms with Gasteiger partial charge in [0, 0.05) is 37.5 Å². The van der Waals surface area contributed by atoms with Gasteiger partial charge >= 0.3 is 0 Å². The first-order chi connectivity index (χ1) is 9.39. The first-order valence-corrected chi connectivity index (χ1v) is 7.24. The fraction of sp³-hybridized carbons (Fsp3) is 0.529. The monoisotopic (exact) mass is 274 g/mol. The van der Waals surface area contributed by atoms with Crippen LogP contribution in [0.15, 0.2) is 30.5 Å². The molecule has 110 valence electrons. The van der Waals surface area contributed by atoms with Crippen LogP contribution in [-0.4, -0.2) is 23.3 Å². The van der Waals surface area contributed by atoms with E-state index >= 15 is 0 Å². The summed E-state index contributed by atoms with van der Waals surface area (Å²) >= 11 is 0. The Kier molecular flexibility index (Phi) is 4.51. The molecule has 0 amide bonds. The van der Waals surface area contributed by atoms with Crippen LogP contribution in [0.5, 0.6) is 0 Å². The number of rotatable bonds is 5. The Bertz CT molecular complexity index is 566. The molecule has 3 heteroatoms. The van der Waals surface area contributed by atoms with Crippen LogP contribution in [0.3, 0.4) is 0 Å². The van der Waals surface area contributed by atoms with Gasteiger partial charge in [0.05, 0.1) is 6.10 Å². The van der Waals surface area contributed by atoms with Gasteiger partial charge in [-0.1, -0.05) is 6.07 Å². The van der Waals surface area contributed by atoms with Gasteiger partial charge in [-0.2, -0.15) is 0 Å². The average Bonchev–Trinajstić information content (AvgIpc) is 2.78. The quantitative estimate of drug-likeness (QED) is 0.902. The van der Waals surface area contributed by atoms with Crippen LogP contribution in [0.25, 0.3) is 10.9 Å². The standard InChI is InChI=1S/C17H26N2O/c1-13(20-5)12-19-9-8-15-10-14(6-7-16(15)19)11-18-17(2,3)4/h6-10,13,18H,11-12H2,1-5H3. The molecule has 1 aromatic carbocycles. The summed E-state index contributed by atoms with van der Waals surface area (Å²) in [5.41, 5.74) is 2.74. The molecule has 1 unspecified atom stereocenters.